The molecule has 0 atom stereocenters. The molecule has 0 N–H and O–H groups in total. The minimum Gasteiger partial charge on any atom is -0.379 e. The van der Waals surface area contributed by atoms with Crippen molar-refractivity contribution in [3.05, 3.63) is 57.6 Å². The van der Waals surface area contributed by atoms with E-state index in [1.165, 1.54) is 12.1 Å². The standard InChI is InChI=1S/C16H16Cl2O3S/c1-10(2)12-4-6-13(7-5-12)21-22(19,20)16-9-15(18)14(17)8-11(16)3/h4-10H,1-3H3. The van der Waals surface area contributed by atoms with Gasteiger partial charge in [0.15, 0.2) is 0 Å². The number of benzene rings is 2. The summed E-state index contributed by atoms with van der Waals surface area (Å²) in [4.78, 5) is 0.00911. The Kier molecular flexibility index (Phi) is 5.05. The maximum Gasteiger partial charge on any atom is 0.339 e. The second kappa shape index (κ2) is 6.49. The first kappa shape index (κ1) is 17.1. The number of rotatable bonds is 4. The van der Waals surface area contributed by atoms with E-state index >= 15 is 0 Å². The number of hydrogen-bond donors (Lipinski definition) is 0. The fraction of sp³-hybridized carbons (Fsp3) is 0.250. The highest BCUT2D eigenvalue weighted by atomic mass is 35.5. The number of hydrogen-bond acceptors (Lipinski definition) is 3. The van der Waals surface area contributed by atoms with Crippen molar-refractivity contribution < 1.29 is 12.6 Å². The highest BCUT2D eigenvalue weighted by Crippen LogP contribution is 2.30. The van der Waals surface area contributed by atoms with Gasteiger partial charge in [-0.1, -0.05) is 49.2 Å². The van der Waals surface area contributed by atoms with Crippen molar-refractivity contribution in [2.75, 3.05) is 0 Å². The van der Waals surface area contributed by atoms with E-state index in [0.717, 1.165) is 5.56 Å². The fourth-order valence-electron chi connectivity index (χ4n) is 1.98. The van der Waals surface area contributed by atoms with Crippen LogP contribution in [-0.2, 0) is 10.1 Å². The first-order valence-corrected chi connectivity index (χ1v) is 8.87. The van der Waals surface area contributed by atoms with Gasteiger partial charge in [0, 0.05) is 0 Å². The minimum absolute atomic E-state index is 0.00911. The Labute approximate surface area is 141 Å². The van der Waals surface area contributed by atoms with E-state index in [0.29, 0.717) is 16.5 Å². The molecule has 0 unspecified atom stereocenters. The second-order valence-corrected chi connectivity index (χ2v) is 7.62. The van der Waals surface area contributed by atoms with Crippen LogP contribution < -0.4 is 4.18 Å². The highest BCUT2D eigenvalue weighted by Gasteiger charge is 2.21. The zero-order valence-electron chi connectivity index (χ0n) is 12.4. The zero-order valence-corrected chi connectivity index (χ0v) is 14.8. The van der Waals surface area contributed by atoms with Crippen LogP contribution in [0.25, 0.3) is 0 Å². The Bertz CT molecular complexity index is 782. The van der Waals surface area contributed by atoms with E-state index in [1.54, 1.807) is 19.1 Å². The maximum absolute atomic E-state index is 12.4. The summed E-state index contributed by atoms with van der Waals surface area (Å²) >= 11 is 11.8. The topological polar surface area (TPSA) is 43.4 Å². The summed E-state index contributed by atoms with van der Waals surface area (Å²) in [7, 11) is -3.96. The van der Waals surface area contributed by atoms with Crippen molar-refractivity contribution in [1.82, 2.24) is 0 Å². The van der Waals surface area contributed by atoms with E-state index in [2.05, 4.69) is 13.8 Å². The minimum atomic E-state index is -3.96. The van der Waals surface area contributed by atoms with Gasteiger partial charge in [-0.15, -0.1) is 0 Å². The molecule has 0 bridgehead atoms. The molecular formula is C16H16Cl2O3S. The van der Waals surface area contributed by atoms with Crippen molar-refractivity contribution in [3.8, 4) is 5.75 Å². The predicted octanol–water partition coefficient (Wildman–Crippen LogP) is 5.19. The first-order valence-electron chi connectivity index (χ1n) is 6.71. The quantitative estimate of drug-likeness (QED) is 0.706. The lowest BCUT2D eigenvalue weighted by Gasteiger charge is -2.11. The molecule has 0 spiro atoms. The molecule has 118 valence electrons. The van der Waals surface area contributed by atoms with Gasteiger partial charge in [0.1, 0.15) is 10.6 Å². The van der Waals surface area contributed by atoms with E-state index < -0.39 is 10.1 Å². The van der Waals surface area contributed by atoms with Gasteiger partial charge >= 0.3 is 10.1 Å². The molecular weight excluding hydrogens is 343 g/mol. The van der Waals surface area contributed by atoms with Crippen LogP contribution in [0.3, 0.4) is 0 Å². The first-order chi connectivity index (χ1) is 10.2. The SMILES string of the molecule is Cc1cc(Cl)c(Cl)cc1S(=O)(=O)Oc1ccc(C(C)C)cc1. The van der Waals surface area contributed by atoms with Gasteiger partial charge in [-0.05, 0) is 48.2 Å². The molecule has 0 aliphatic carbocycles. The summed E-state index contributed by atoms with van der Waals surface area (Å²) in [6, 6.07) is 9.77. The van der Waals surface area contributed by atoms with Gasteiger partial charge in [-0.2, -0.15) is 8.42 Å². The molecule has 0 radical (unpaired) electrons. The largest absolute Gasteiger partial charge is 0.379 e. The van der Waals surface area contributed by atoms with Crippen molar-refractivity contribution in [3.63, 3.8) is 0 Å². The van der Waals surface area contributed by atoms with E-state index in [-0.39, 0.29) is 15.7 Å². The van der Waals surface area contributed by atoms with Crippen LogP contribution in [0.15, 0.2) is 41.3 Å². The third-order valence-electron chi connectivity index (χ3n) is 3.24. The van der Waals surface area contributed by atoms with Crippen LogP contribution in [0.5, 0.6) is 5.75 Å². The van der Waals surface area contributed by atoms with Gasteiger partial charge in [0.25, 0.3) is 0 Å². The third-order valence-corrected chi connectivity index (χ3v) is 5.35. The smallest absolute Gasteiger partial charge is 0.339 e. The van der Waals surface area contributed by atoms with Crippen molar-refractivity contribution >= 4 is 33.3 Å². The molecule has 22 heavy (non-hydrogen) atoms. The molecule has 0 heterocycles. The molecule has 0 aliphatic rings. The van der Waals surface area contributed by atoms with Crippen molar-refractivity contribution in [2.24, 2.45) is 0 Å². The van der Waals surface area contributed by atoms with Gasteiger partial charge < -0.3 is 4.18 Å². The molecule has 0 saturated heterocycles. The Hall–Kier alpha value is -1.23. The predicted molar refractivity (Wildman–Crippen MR) is 89.5 cm³/mol. The Balaban J connectivity index is 2.33. The van der Waals surface area contributed by atoms with E-state index in [4.69, 9.17) is 27.4 Å². The van der Waals surface area contributed by atoms with Gasteiger partial charge in [-0.25, -0.2) is 0 Å². The Morgan fingerprint density at radius 2 is 1.55 bits per heavy atom. The monoisotopic (exact) mass is 358 g/mol. The average molecular weight is 359 g/mol. The zero-order chi connectivity index (χ0) is 16.5. The lowest BCUT2D eigenvalue weighted by molar-refractivity contribution is 0.485. The Morgan fingerprint density at radius 3 is 2.09 bits per heavy atom. The molecule has 2 aromatic carbocycles. The third kappa shape index (κ3) is 3.75. The van der Waals surface area contributed by atoms with Gasteiger partial charge in [-0.3, -0.25) is 0 Å². The van der Waals surface area contributed by atoms with Crippen LogP contribution in [-0.4, -0.2) is 8.42 Å². The van der Waals surface area contributed by atoms with Crippen LogP contribution in [0.1, 0.15) is 30.9 Å². The summed E-state index contributed by atoms with van der Waals surface area (Å²) in [5.74, 6) is 0.623. The van der Waals surface area contributed by atoms with Gasteiger partial charge in [0.2, 0.25) is 0 Å². The molecule has 2 aromatic rings. The summed E-state index contributed by atoms with van der Waals surface area (Å²) in [5, 5.41) is 0.476. The molecule has 2 rings (SSSR count). The molecule has 0 amide bonds. The molecule has 3 nitrogen and oxygen atoms in total. The lowest BCUT2D eigenvalue weighted by Crippen LogP contribution is -2.11. The maximum atomic E-state index is 12.4. The van der Waals surface area contributed by atoms with Crippen LogP contribution in [0.2, 0.25) is 10.0 Å². The summed E-state index contributed by atoms with van der Waals surface area (Å²) in [6.07, 6.45) is 0. The summed E-state index contributed by atoms with van der Waals surface area (Å²) < 4.78 is 29.9. The highest BCUT2D eigenvalue weighted by molar-refractivity contribution is 7.87. The molecule has 0 saturated carbocycles. The number of aryl methyl sites for hydroxylation is 1. The average Bonchev–Trinajstić information content (AvgIpc) is 2.42. The van der Waals surface area contributed by atoms with Crippen molar-refractivity contribution in [2.45, 2.75) is 31.6 Å². The normalized spacial score (nSPS) is 11.7. The summed E-state index contributed by atoms with van der Waals surface area (Å²) in [6.45, 7) is 5.76. The Morgan fingerprint density at radius 1 is 1.00 bits per heavy atom. The summed E-state index contributed by atoms with van der Waals surface area (Å²) in [5.41, 5.74) is 1.59. The molecule has 0 fully saturated rings. The van der Waals surface area contributed by atoms with Crippen LogP contribution in [0.4, 0.5) is 0 Å². The van der Waals surface area contributed by atoms with E-state index in [9.17, 15) is 8.42 Å². The molecule has 0 aromatic heterocycles. The second-order valence-electron chi connectivity index (χ2n) is 5.29. The fourth-order valence-corrected chi connectivity index (χ4v) is 3.59. The molecule has 6 heteroatoms. The van der Waals surface area contributed by atoms with Gasteiger partial charge in [0.05, 0.1) is 10.0 Å². The van der Waals surface area contributed by atoms with Crippen molar-refractivity contribution in [1.29, 1.82) is 0 Å². The number of halogens is 2. The lowest BCUT2D eigenvalue weighted by atomic mass is 10.0. The van der Waals surface area contributed by atoms with E-state index in [1.807, 2.05) is 12.1 Å². The molecule has 0 aliphatic heterocycles. The van der Waals surface area contributed by atoms with Crippen LogP contribution >= 0.6 is 23.2 Å². The van der Waals surface area contributed by atoms with Crippen LogP contribution in [0, 0.1) is 6.92 Å².